The van der Waals surface area contributed by atoms with Gasteiger partial charge in [0.15, 0.2) is 0 Å². The Balaban J connectivity index is 2.73. The molecule has 1 atom stereocenters. The molecule has 1 heterocycles. The maximum Gasteiger partial charge on any atom is 0.255 e. The molecule has 1 amide bonds. The second kappa shape index (κ2) is 7.09. The average Bonchev–Trinajstić information content (AvgIpc) is 2.27. The van der Waals surface area contributed by atoms with Gasteiger partial charge in [-0.15, -0.1) is 0 Å². The van der Waals surface area contributed by atoms with Crippen LogP contribution in [0, 0.1) is 5.92 Å². The lowest BCUT2D eigenvalue weighted by molar-refractivity contribution is 0.0921. The van der Waals surface area contributed by atoms with E-state index in [4.69, 9.17) is 0 Å². The molecule has 5 nitrogen and oxygen atoms in total. The summed E-state index contributed by atoms with van der Waals surface area (Å²) in [5, 5.41) is 12.6. The number of carbonyl (C=O) groups is 1. The summed E-state index contributed by atoms with van der Waals surface area (Å²) in [6, 6.07) is 1.59. The fourth-order valence-corrected chi connectivity index (χ4v) is 2.03. The molecule has 1 unspecified atom stereocenters. The van der Waals surface area contributed by atoms with E-state index in [9.17, 15) is 9.90 Å². The van der Waals surface area contributed by atoms with Crippen molar-refractivity contribution in [3.63, 3.8) is 0 Å². The molecule has 1 rings (SSSR count). The molecule has 0 saturated heterocycles. The highest BCUT2D eigenvalue weighted by Crippen LogP contribution is 2.14. The van der Waals surface area contributed by atoms with Gasteiger partial charge in [-0.05, 0) is 32.5 Å². The molecule has 0 aliphatic rings. The van der Waals surface area contributed by atoms with Gasteiger partial charge in [0.2, 0.25) is 0 Å². The number of rotatable bonds is 6. The van der Waals surface area contributed by atoms with Crippen LogP contribution >= 0.6 is 0 Å². The monoisotopic (exact) mass is 265 g/mol. The number of pyridine rings is 1. The van der Waals surface area contributed by atoms with Crippen LogP contribution in [0.2, 0.25) is 0 Å². The molecule has 1 aromatic rings. The van der Waals surface area contributed by atoms with E-state index in [2.05, 4.69) is 24.1 Å². The van der Waals surface area contributed by atoms with E-state index in [1.54, 1.807) is 0 Å². The van der Waals surface area contributed by atoms with Crippen LogP contribution in [0.3, 0.4) is 0 Å². The predicted molar refractivity (Wildman–Crippen MR) is 75.2 cm³/mol. The Kier molecular flexibility index (Phi) is 5.76. The van der Waals surface area contributed by atoms with E-state index in [1.165, 1.54) is 18.5 Å². The molecule has 0 spiro atoms. The molecule has 0 fully saturated rings. The zero-order valence-corrected chi connectivity index (χ0v) is 12.1. The summed E-state index contributed by atoms with van der Waals surface area (Å²) in [6.45, 7) is 5.02. The molecule has 5 heteroatoms. The maximum absolute atomic E-state index is 12.1. The molecule has 0 saturated carbocycles. The molecule has 0 aliphatic heterocycles. The van der Waals surface area contributed by atoms with Crippen molar-refractivity contribution in [1.82, 2.24) is 15.2 Å². The summed E-state index contributed by atoms with van der Waals surface area (Å²) in [5.41, 5.74) is 0.266. The summed E-state index contributed by atoms with van der Waals surface area (Å²) in [5.74, 6) is 0.150. The van der Waals surface area contributed by atoms with Gasteiger partial charge >= 0.3 is 0 Å². The van der Waals surface area contributed by atoms with Gasteiger partial charge in [0.1, 0.15) is 5.75 Å². The van der Waals surface area contributed by atoms with Crippen LogP contribution in [0.15, 0.2) is 18.5 Å². The molecule has 0 radical (unpaired) electrons. The Morgan fingerprint density at radius 1 is 1.47 bits per heavy atom. The first-order valence-corrected chi connectivity index (χ1v) is 6.48. The standard InChI is InChI=1S/C14H23N3O2/c1-10(2)7-11(9-17(3)4)16-14(19)12-5-6-15-8-13(12)18/h5-6,8,10-11,18H,7,9H2,1-4H3,(H,16,19). The molecule has 0 bridgehead atoms. The van der Waals surface area contributed by atoms with Crippen LogP contribution in [-0.4, -0.2) is 47.6 Å². The first-order chi connectivity index (χ1) is 8.90. The van der Waals surface area contributed by atoms with Crippen molar-refractivity contribution in [3.05, 3.63) is 24.0 Å². The number of hydrogen-bond acceptors (Lipinski definition) is 4. The minimum Gasteiger partial charge on any atom is -0.505 e. The van der Waals surface area contributed by atoms with Crippen molar-refractivity contribution in [2.24, 2.45) is 5.92 Å². The largest absolute Gasteiger partial charge is 0.505 e. The fourth-order valence-electron chi connectivity index (χ4n) is 2.03. The van der Waals surface area contributed by atoms with Crippen molar-refractivity contribution in [2.45, 2.75) is 26.3 Å². The van der Waals surface area contributed by atoms with Crippen LogP contribution in [0.4, 0.5) is 0 Å². The summed E-state index contributed by atoms with van der Waals surface area (Å²) in [4.78, 5) is 17.9. The molecule has 1 aromatic heterocycles. The fraction of sp³-hybridized carbons (Fsp3) is 0.571. The Hall–Kier alpha value is -1.62. The van der Waals surface area contributed by atoms with E-state index in [-0.39, 0.29) is 23.3 Å². The normalized spacial score (nSPS) is 12.7. The third-order valence-electron chi connectivity index (χ3n) is 2.72. The van der Waals surface area contributed by atoms with Crippen LogP contribution in [-0.2, 0) is 0 Å². The highest BCUT2D eigenvalue weighted by atomic mass is 16.3. The van der Waals surface area contributed by atoms with Gasteiger partial charge in [-0.25, -0.2) is 0 Å². The Bertz CT molecular complexity index is 409. The smallest absolute Gasteiger partial charge is 0.255 e. The molecular weight excluding hydrogens is 242 g/mol. The van der Waals surface area contributed by atoms with Crippen LogP contribution in [0.25, 0.3) is 0 Å². The number of nitrogens with zero attached hydrogens (tertiary/aromatic N) is 2. The molecule has 0 aromatic carbocycles. The van der Waals surface area contributed by atoms with E-state index >= 15 is 0 Å². The molecule has 106 valence electrons. The quantitative estimate of drug-likeness (QED) is 0.818. The van der Waals surface area contributed by atoms with Crippen molar-refractivity contribution >= 4 is 5.91 Å². The number of hydrogen-bond donors (Lipinski definition) is 2. The van der Waals surface area contributed by atoms with E-state index in [1.807, 2.05) is 19.0 Å². The highest BCUT2D eigenvalue weighted by Gasteiger charge is 2.18. The van der Waals surface area contributed by atoms with Crippen molar-refractivity contribution in [1.29, 1.82) is 0 Å². The van der Waals surface area contributed by atoms with Gasteiger partial charge in [0.05, 0.1) is 11.8 Å². The van der Waals surface area contributed by atoms with E-state index in [0.29, 0.717) is 5.92 Å². The first kappa shape index (κ1) is 15.4. The van der Waals surface area contributed by atoms with Gasteiger partial charge in [-0.3, -0.25) is 9.78 Å². The van der Waals surface area contributed by atoms with Crippen molar-refractivity contribution in [2.75, 3.05) is 20.6 Å². The minimum absolute atomic E-state index is 0.0649. The zero-order chi connectivity index (χ0) is 14.4. The number of aromatic nitrogens is 1. The molecule has 2 N–H and O–H groups in total. The van der Waals surface area contributed by atoms with Crippen molar-refractivity contribution < 1.29 is 9.90 Å². The third-order valence-corrected chi connectivity index (χ3v) is 2.72. The summed E-state index contributed by atoms with van der Waals surface area (Å²) in [6.07, 6.45) is 3.67. The minimum atomic E-state index is -0.257. The molecule has 0 aliphatic carbocycles. The summed E-state index contributed by atoms with van der Waals surface area (Å²) >= 11 is 0. The lowest BCUT2D eigenvalue weighted by atomic mass is 10.0. The van der Waals surface area contributed by atoms with Gasteiger partial charge in [0.25, 0.3) is 5.91 Å². The molecular formula is C14H23N3O2. The Labute approximate surface area is 114 Å². The van der Waals surface area contributed by atoms with Gasteiger partial charge in [-0.1, -0.05) is 13.8 Å². The number of amides is 1. The SMILES string of the molecule is CC(C)CC(CN(C)C)NC(=O)c1ccncc1O. The van der Waals surface area contributed by atoms with Gasteiger partial charge < -0.3 is 15.3 Å². The third kappa shape index (κ3) is 5.26. The van der Waals surface area contributed by atoms with Crippen molar-refractivity contribution in [3.8, 4) is 5.75 Å². The Morgan fingerprint density at radius 3 is 2.68 bits per heavy atom. The lowest BCUT2D eigenvalue weighted by Gasteiger charge is -2.24. The number of nitrogens with one attached hydrogen (secondary N) is 1. The zero-order valence-electron chi connectivity index (χ0n) is 12.1. The van der Waals surface area contributed by atoms with Gasteiger partial charge in [-0.2, -0.15) is 0 Å². The predicted octanol–water partition coefficient (Wildman–Crippen LogP) is 1.49. The number of likely N-dealkylation sites (N-methyl/N-ethyl adjacent to an activating group) is 1. The van der Waals surface area contributed by atoms with Crippen LogP contribution in [0.5, 0.6) is 5.75 Å². The van der Waals surface area contributed by atoms with Gasteiger partial charge in [0, 0.05) is 18.8 Å². The van der Waals surface area contributed by atoms with E-state index in [0.717, 1.165) is 13.0 Å². The van der Waals surface area contributed by atoms with E-state index < -0.39 is 0 Å². The second-order valence-electron chi connectivity index (χ2n) is 5.46. The Morgan fingerprint density at radius 2 is 2.16 bits per heavy atom. The second-order valence-corrected chi connectivity index (χ2v) is 5.46. The average molecular weight is 265 g/mol. The number of aromatic hydroxyl groups is 1. The van der Waals surface area contributed by atoms with Crippen LogP contribution in [0.1, 0.15) is 30.6 Å². The maximum atomic E-state index is 12.1. The van der Waals surface area contributed by atoms with Crippen LogP contribution < -0.4 is 5.32 Å². The topological polar surface area (TPSA) is 65.5 Å². The number of carbonyl (C=O) groups excluding carboxylic acids is 1. The lowest BCUT2D eigenvalue weighted by Crippen LogP contribution is -2.42. The summed E-state index contributed by atoms with van der Waals surface area (Å²) in [7, 11) is 3.95. The highest BCUT2D eigenvalue weighted by molar-refractivity contribution is 5.96. The molecule has 19 heavy (non-hydrogen) atoms. The first-order valence-electron chi connectivity index (χ1n) is 6.48. The summed E-state index contributed by atoms with van der Waals surface area (Å²) < 4.78 is 0.